The van der Waals surface area contributed by atoms with Crippen LogP contribution in [0.2, 0.25) is 0 Å². The van der Waals surface area contributed by atoms with E-state index in [-0.39, 0.29) is 43.1 Å². The van der Waals surface area contributed by atoms with Gasteiger partial charge in [0.05, 0.1) is 55.9 Å². The van der Waals surface area contributed by atoms with Crippen LogP contribution in [0.5, 0.6) is 0 Å². The normalized spacial score (nSPS) is 37.6. The van der Waals surface area contributed by atoms with Crippen LogP contribution in [0.25, 0.3) is 11.0 Å². The number of carboxylic acid groups (broad SMARTS) is 1. The number of esters is 1. The van der Waals surface area contributed by atoms with Gasteiger partial charge in [0.15, 0.2) is 31.1 Å². The van der Waals surface area contributed by atoms with E-state index in [1.807, 2.05) is 0 Å². The quantitative estimate of drug-likeness (QED) is 0.0595. The van der Waals surface area contributed by atoms with Crippen molar-refractivity contribution in [2.24, 2.45) is 17.8 Å². The summed E-state index contributed by atoms with van der Waals surface area (Å²) in [5.41, 5.74) is -0.126. The topological polar surface area (TPSA) is 329 Å². The molecule has 2 aliphatic carbocycles. The molecule has 3 saturated heterocycles. The minimum Gasteiger partial charge on any atom is -0.479 e. The average molecular weight is 1050 g/mol. The fourth-order valence-corrected chi connectivity index (χ4v) is 10.9. The zero-order valence-corrected chi connectivity index (χ0v) is 41.2. The molecule has 9 N–H and O–H groups in total. The third-order valence-electron chi connectivity index (χ3n) is 15.0. The Labute approximate surface area is 426 Å². The number of hydrogen-bond donors (Lipinski definition) is 9. The van der Waals surface area contributed by atoms with Crippen molar-refractivity contribution in [3.8, 4) is 0 Å². The fraction of sp³-hybridized carbons (Fsp3) is 0.673. The van der Waals surface area contributed by atoms with Gasteiger partial charge in [0, 0.05) is 5.39 Å². The maximum Gasteiger partial charge on any atom is 0.341 e. The number of aliphatic hydroxyl groups is 8. The summed E-state index contributed by atoms with van der Waals surface area (Å²) in [4.78, 5) is 39.6. The second-order valence-corrected chi connectivity index (χ2v) is 20.3. The second-order valence-electron chi connectivity index (χ2n) is 20.3. The van der Waals surface area contributed by atoms with Gasteiger partial charge in [0.1, 0.15) is 66.6 Å². The van der Waals surface area contributed by atoms with Gasteiger partial charge in [0.2, 0.25) is 0 Å². The highest BCUT2D eigenvalue weighted by molar-refractivity contribution is 5.89. The summed E-state index contributed by atoms with van der Waals surface area (Å²) in [7, 11) is 0. The highest BCUT2D eigenvalue weighted by atomic mass is 16.8. The van der Waals surface area contributed by atoms with E-state index < -0.39 is 153 Å². The molecule has 410 valence electrons. The SMILES string of the molecule is CC1CC(CO[C@H]2OC(CO)[C@@H](O)C(OCc3cc4ccccc4oc3=O)C2O)C[C@@H](O[C@@H]2OC(CO)[C@H](O)C(O[C@@H](CC3CCCCC3)C(=O)O)C2OC(=O)c2ccccc2)C1O[C@@H]1OC(C)[C@@H](O)C(O)C1O. The predicted octanol–water partition coefficient (Wildman–Crippen LogP) is 0.890. The highest BCUT2D eigenvalue weighted by Crippen LogP contribution is 2.40. The van der Waals surface area contributed by atoms with Gasteiger partial charge in [-0.3, -0.25) is 0 Å². The van der Waals surface area contributed by atoms with Crippen LogP contribution in [-0.4, -0.2) is 188 Å². The van der Waals surface area contributed by atoms with Gasteiger partial charge in [-0.05, 0) is 68.2 Å². The monoisotopic (exact) mass is 1050 g/mol. The molecule has 3 aliphatic heterocycles. The van der Waals surface area contributed by atoms with Crippen LogP contribution in [-0.2, 0) is 54.0 Å². The van der Waals surface area contributed by atoms with Gasteiger partial charge in [-0.1, -0.05) is 75.4 Å². The van der Waals surface area contributed by atoms with E-state index in [2.05, 4.69) is 0 Å². The number of carboxylic acids is 1. The number of aliphatic hydroxyl groups excluding tert-OH is 8. The molecule has 2 aromatic carbocycles. The standard InChI is InChI=1S/C52H70O22/c1-25-17-28(23-66-50-42(60)44(38(56)35(21-53)71-50)65-24-31-20-30-15-9-10-16-32(30)69-49(31)64)19-33(43(25)74-51-41(59)40(58)37(55)26(2)67-51)70-52-46(73-48(63)29-13-7-4-8-14-29)45(39(57)36(22-54)72-52)68-34(47(61)62)18-27-11-5-3-6-12-27/h4,7-10,13-16,20,25-28,33-46,50-60H,3,5-6,11-12,17-19,21-24H2,1-2H3,(H,61,62)/t25?,26?,28?,33-,34+,35?,36?,37-,38-,39+,40?,41?,42?,43?,44?,45?,46?,50+,51+,52-/m1/s1. The van der Waals surface area contributed by atoms with Crippen molar-refractivity contribution in [1.82, 2.24) is 0 Å². The van der Waals surface area contributed by atoms with Crippen molar-refractivity contribution < 1.29 is 103 Å². The van der Waals surface area contributed by atoms with Crippen LogP contribution in [0.3, 0.4) is 0 Å². The molecule has 12 unspecified atom stereocenters. The number of rotatable bonds is 19. The third kappa shape index (κ3) is 13.0. The molecule has 8 rings (SSSR count). The first-order chi connectivity index (χ1) is 35.5. The van der Waals surface area contributed by atoms with E-state index >= 15 is 0 Å². The minimum atomic E-state index is -1.73. The van der Waals surface area contributed by atoms with Crippen molar-refractivity contribution >= 4 is 22.9 Å². The van der Waals surface area contributed by atoms with E-state index in [4.69, 9.17) is 47.0 Å². The molecule has 0 amide bonds. The number of fused-ring (bicyclic) bond motifs is 1. The molecule has 0 radical (unpaired) electrons. The summed E-state index contributed by atoms with van der Waals surface area (Å²) in [6, 6.07) is 16.3. The van der Waals surface area contributed by atoms with Crippen molar-refractivity contribution in [2.75, 3.05) is 19.8 Å². The van der Waals surface area contributed by atoms with Crippen LogP contribution in [0.4, 0.5) is 0 Å². The van der Waals surface area contributed by atoms with E-state index in [1.165, 1.54) is 19.1 Å². The Bertz CT molecular complexity index is 2330. The molecule has 1 aromatic heterocycles. The van der Waals surface area contributed by atoms with Crippen molar-refractivity contribution in [1.29, 1.82) is 0 Å². The predicted molar refractivity (Wildman–Crippen MR) is 254 cm³/mol. The molecule has 5 fully saturated rings. The maximum atomic E-state index is 13.9. The Kier molecular flexibility index (Phi) is 19.3. The molecule has 20 atom stereocenters. The number of hydrogen-bond acceptors (Lipinski definition) is 21. The Morgan fingerprint density at radius 1 is 0.676 bits per heavy atom. The number of carbonyl (C=O) groups is 2. The Hall–Kier alpha value is -4.05. The van der Waals surface area contributed by atoms with Gasteiger partial charge in [-0.15, -0.1) is 0 Å². The molecule has 22 heteroatoms. The highest BCUT2D eigenvalue weighted by Gasteiger charge is 2.54. The number of aliphatic carboxylic acids is 1. The number of para-hydroxylation sites is 1. The lowest BCUT2D eigenvalue weighted by Crippen LogP contribution is -2.64. The van der Waals surface area contributed by atoms with E-state index in [0.29, 0.717) is 17.4 Å². The summed E-state index contributed by atoms with van der Waals surface area (Å²) in [5.74, 6) is -3.23. The van der Waals surface area contributed by atoms with Crippen molar-refractivity contribution in [3.05, 3.63) is 82.2 Å². The molecular weight excluding hydrogens is 977 g/mol. The van der Waals surface area contributed by atoms with Crippen LogP contribution in [0.15, 0.2) is 69.9 Å². The third-order valence-corrected chi connectivity index (χ3v) is 15.0. The van der Waals surface area contributed by atoms with E-state index in [0.717, 1.165) is 32.1 Å². The first-order valence-electron chi connectivity index (χ1n) is 25.5. The smallest absolute Gasteiger partial charge is 0.341 e. The molecular formula is C52H70O22. The average Bonchev–Trinajstić information content (AvgIpc) is 3.39. The maximum absolute atomic E-state index is 13.9. The molecule has 0 bridgehead atoms. The molecule has 2 saturated carbocycles. The molecule has 3 aromatic rings. The lowest BCUT2D eigenvalue weighted by molar-refractivity contribution is -0.351. The Morgan fingerprint density at radius 2 is 1.35 bits per heavy atom. The molecule has 5 aliphatic rings. The van der Waals surface area contributed by atoms with E-state index in [9.17, 15) is 60.3 Å². The van der Waals surface area contributed by atoms with Crippen molar-refractivity contribution in [2.45, 2.75) is 182 Å². The van der Waals surface area contributed by atoms with Crippen molar-refractivity contribution in [3.63, 3.8) is 0 Å². The molecule has 0 spiro atoms. The lowest BCUT2D eigenvalue weighted by Gasteiger charge is -2.48. The largest absolute Gasteiger partial charge is 0.479 e. The fourth-order valence-electron chi connectivity index (χ4n) is 10.9. The summed E-state index contributed by atoms with van der Waals surface area (Å²) in [6.07, 6.45) is -21.7. The Morgan fingerprint density at radius 3 is 2.05 bits per heavy atom. The number of carbonyl (C=O) groups excluding carboxylic acids is 1. The van der Waals surface area contributed by atoms with Gasteiger partial charge in [-0.2, -0.15) is 0 Å². The summed E-state index contributed by atoms with van der Waals surface area (Å²) >= 11 is 0. The first kappa shape index (κ1) is 56.2. The zero-order valence-electron chi connectivity index (χ0n) is 41.2. The van der Waals surface area contributed by atoms with Crippen LogP contribution < -0.4 is 5.63 Å². The van der Waals surface area contributed by atoms with Gasteiger partial charge >= 0.3 is 17.6 Å². The van der Waals surface area contributed by atoms with E-state index in [1.54, 1.807) is 55.5 Å². The molecule has 4 heterocycles. The second kappa shape index (κ2) is 25.4. The minimum absolute atomic E-state index is 0.00481. The summed E-state index contributed by atoms with van der Waals surface area (Å²) in [6.45, 7) is 1.24. The zero-order chi connectivity index (χ0) is 52.8. The van der Waals surface area contributed by atoms with Crippen LogP contribution in [0, 0.1) is 17.8 Å². The summed E-state index contributed by atoms with van der Waals surface area (Å²) in [5, 5.41) is 98.7. The Balaban J connectivity index is 1.06. The first-order valence-corrected chi connectivity index (χ1v) is 25.5. The molecule has 22 nitrogen and oxygen atoms in total. The van der Waals surface area contributed by atoms with Gasteiger partial charge < -0.3 is 93.0 Å². The van der Waals surface area contributed by atoms with Crippen LogP contribution >= 0.6 is 0 Å². The summed E-state index contributed by atoms with van der Waals surface area (Å²) < 4.78 is 60.9. The van der Waals surface area contributed by atoms with Gasteiger partial charge in [0.25, 0.3) is 0 Å². The van der Waals surface area contributed by atoms with Crippen LogP contribution in [0.1, 0.15) is 81.1 Å². The lowest BCUT2D eigenvalue weighted by atomic mass is 9.78. The number of benzene rings is 2. The van der Waals surface area contributed by atoms with Gasteiger partial charge in [-0.25, -0.2) is 14.4 Å². The number of ether oxygens (including phenoxy) is 9. The molecule has 74 heavy (non-hydrogen) atoms.